The van der Waals surface area contributed by atoms with Gasteiger partial charge in [0.2, 0.25) is 0 Å². The molecule has 6 heteroatoms. The Bertz CT molecular complexity index is 1200. The predicted octanol–water partition coefficient (Wildman–Crippen LogP) is 4.40. The number of halogens is 1. The van der Waals surface area contributed by atoms with Crippen molar-refractivity contribution in [3.8, 4) is 5.69 Å². The molecule has 0 radical (unpaired) electrons. The molecule has 0 saturated heterocycles. The van der Waals surface area contributed by atoms with Crippen molar-refractivity contribution >= 4 is 28.3 Å². The van der Waals surface area contributed by atoms with E-state index in [4.69, 9.17) is 16.3 Å². The molecule has 0 amide bonds. The molecule has 0 N–H and O–H groups in total. The van der Waals surface area contributed by atoms with Gasteiger partial charge in [0.1, 0.15) is 6.61 Å². The molecule has 5 nitrogen and oxygen atoms in total. The zero-order chi connectivity index (χ0) is 19.5. The molecular weight excluding hydrogens is 376 g/mol. The van der Waals surface area contributed by atoms with E-state index in [9.17, 15) is 9.59 Å². The van der Waals surface area contributed by atoms with Gasteiger partial charge in [-0.25, -0.2) is 4.79 Å². The number of benzene rings is 3. The van der Waals surface area contributed by atoms with Gasteiger partial charge in [0.05, 0.1) is 11.1 Å². The second-order valence-electron chi connectivity index (χ2n) is 6.15. The number of hydrogen-bond donors (Lipinski definition) is 0. The van der Waals surface area contributed by atoms with Gasteiger partial charge in [-0.2, -0.15) is 9.78 Å². The van der Waals surface area contributed by atoms with Crippen molar-refractivity contribution in [2.75, 3.05) is 0 Å². The number of esters is 1. The van der Waals surface area contributed by atoms with Crippen LogP contribution in [0, 0.1) is 0 Å². The van der Waals surface area contributed by atoms with E-state index < -0.39 is 5.97 Å². The SMILES string of the molecule is O=C(OCc1ccc(Cl)cc1)c1nn(-c2ccccc2)c(=O)c2ccccc12. The average molecular weight is 391 g/mol. The minimum absolute atomic E-state index is 0.0798. The predicted molar refractivity (Wildman–Crippen MR) is 108 cm³/mol. The molecule has 0 aliphatic heterocycles. The van der Waals surface area contributed by atoms with Crippen LogP contribution in [0.4, 0.5) is 0 Å². The summed E-state index contributed by atoms with van der Waals surface area (Å²) in [6, 6.07) is 22.9. The fourth-order valence-electron chi connectivity index (χ4n) is 2.88. The summed E-state index contributed by atoms with van der Waals surface area (Å²) in [5.41, 5.74) is 1.17. The van der Waals surface area contributed by atoms with Crippen LogP contribution in [0.1, 0.15) is 16.1 Å². The highest BCUT2D eigenvalue weighted by Gasteiger charge is 2.18. The second kappa shape index (κ2) is 7.66. The van der Waals surface area contributed by atoms with Crippen molar-refractivity contribution in [2.24, 2.45) is 0 Å². The number of carbonyl (C=O) groups is 1. The third kappa shape index (κ3) is 3.52. The Labute approximate surface area is 165 Å². The van der Waals surface area contributed by atoms with Crippen molar-refractivity contribution in [1.82, 2.24) is 9.78 Å². The summed E-state index contributed by atoms with van der Waals surface area (Å²) in [6.07, 6.45) is 0. The molecule has 138 valence electrons. The first-order valence-corrected chi connectivity index (χ1v) is 9.00. The molecule has 0 atom stereocenters. The van der Waals surface area contributed by atoms with Gasteiger partial charge in [-0.05, 0) is 35.9 Å². The first-order valence-electron chi connectivity index (χ1n) is 8.62. The van der Waals surface area contributed by atoms with Crippen LogP contribution in [-0.4, -0.2) is 15.7 Å². The van der Waals surface area contributed by atoms with E-state index in [1.807, 2.05) is 6.07 Å². The summed E-state index contributed by atoms with van der Waals surface area (Å²) in [5, 5.41) is 5.78. The second-order valence-corrected chi connectivity index (χ2v) is 6.59. The third-order valence-electron chi connectivity index (χ3n) is 4.28. The van der Waals surface area contributed by atoms with E-state index in [0.717, 1.165) is 5.56 Å². The molecule has 0 saturated carbocycles. The first kappa shape index (κ1) is 17.9. The zero-order valence-corrected chi connectivity index (χ0v) is 15.5. The highest BCUT2D eigenvalue weighted by molar-refractivity contribution is 6.30. The van der Waals surface area contributed by atoms with Crippen LogP contribution in [0.15, 0.2) is 83.7 Å². The monoisotopic (exact) mass is 390 g/mol. The Morgan fingerprint density at radius 1 is 0.893 bits per heavy atom. The summed E-state index contributed by atoms with van der Waals surface area (Å²) < 4.78 is 6.66. The Kier molecular flexibility index (Phi) is 4.91. The van der Waals surface area contributed by atoms with Gasteiger partial charge in [0, 0.05) is 10.4 Å². The van der Waals surface area contributed by atoms with Crippen LogP contribution in [0.3, 0.4) is 0 Å². The number of hydrogen-bond acceptors (Lipinski definition) is 4. The lowest BCUT2D eigenvalue weighted by molar-refractivity contribution is 0.0466. The summed E-state index contributed by atoms with van der Waals surface area (Å²) in [5.74, 6) is -0.601. The lowest BCUT2D eigenvalue weighted by atomic mass is 10.1. The number of carbonyl (C=O) groups excluding carboxylic acids is 1. The van der Waals surface area contributed by atoms with Gasteiger partial charge < -0.3 is 4.74 Å². The summed E-state index contributed by atoms with van der Waals surface area (Å²) >= 11 is 5.88. The summed E-state index contributed by atoms with van der Waals surface area (Å²) in [6.45, 7) is 0.0798. The van der Waals surface area contributed by atoms with E-state index in [-0.39, 0.29) is 17.9 Å². The Balaban J connectivity index is 1.75. The molecule has 0 aliphatic carbocycles. The smallest absolute Gasteiger partial charge is 0.359 e. The molecule has 4 aromatic rings. The van der Waals surface area contributed by atoms with Crippen LogP contribution in [-0.2, 0) is 11.3 Å². The van der Waals surface area contributed by atoms with Crippen molar-refractivity contribution in [3.05, 3.63) is 105 Å². The van der Waals surface area contributed by atoms with Gasteiger partial charge in [-0.3, -0.25) is 4.79 Å². The molecule has 1 heterocycles. The molecule has 0 spiro atoms. The van der Waals surface area contributed by atoms with Crippen molar-refractivity contribution in [1.29, 1.82) is 0 Å². The number of nitrogens with zero attached hydrogens (tertiary/aromatic N) is 2. The maximum Gasteiger partial charge on any atom is 0.359 e. The van der Waals surface area contributed by atoms with E-state index in [2.05, 4.69) is 5.10 Å². The summed E-state index contributed by atoms with van der Waals surface area (Å²) in [4.78, 5) is 25.6. The van der Waals surface area contributed by atoms with Crippen molar-refractivity contribution < 1.29 is 9.53 Å². The third-order valence-corrected chi connectivity index (χ3v) is 4.53. The number of aromatic nitrogens is 2. The quantitative estimate of drug-likeness (QED) is 0.485. The average Bonchev–Trinajstić information content (AvgIpc) is 2.74. The largest absolute Gasteiger partial charge is 0.456 e. The lowest BCUT2D eigenvalue weighted by Crippen LogP contribution is -2.25. The zero-order valence-electron chi connectivity index (χ0n) is 14.7. The molecule has 0 unspecified atom stereocenters. The van der Waals surface area contributed by atoms with Gasteiger partial charge in [0.15, 0.2) is 5.69 Å². The van der Waals surface area contributed by atoms with Crippen LogP contribution >= 0.6 is 11.6 Å². The number of rotatable bonds is 4. The van der Waals surface area contributed by atoms with E-state index in [1.165, 1.54) is 4.68 Å². The standard InChI is InChI=1S/C22H15ClN2O3/c23-16-12-10-15(11-13-16)14-28-22(27)20-18-8-4-5-9-19(18)21(26)25(24-20)17-6-2-1-3-7-17/h1-13H,14H2. The molecule has 0 aliphatic rings. The maximum absolute atomic E-state index is 12.9. The number of para-hydroxylation sites is 1. The van der Waals surface area contributed by atoms with Crippen molar-refractivity contribution in [2.45, 2.75) is 6.61 Å². The molecule has 28 heavy (non-hydrogen) atoms. The van der Waals surface area contributed by atoms with Gasteiger partial charge in [-0.1, -0.05) is 60.1 Å². The number of ether oxygens (including phenoxy) is 1. The summed E-state index contributed by atoms with van der Waals surface area (Å²) in [7, 11) is 0. The molecule has 0 bridgehead atoms. The number of fused-ring (bicyclic) bond motifs is 1. The van der Waals surface area contributed by atoms with Gasteiger partial charge in [-0.15, -0.1) is 0 Å². The van der Waals surface area contributed by atoms with Crippen LogP contribution < -0.4 is 5.56 Å². The minimum atomic E-state index is -0.601. The van der Waals surface area contributed by atoms with E-state index in [1.54, 1.807) is 72.8 Å². The fraction of sp³-hybridized carbons (Fsp3) is 0.0455. The minimum Gasteiger partial charge on any atom is -0.456 e. The molecule has 4 rings (SSSR count). The fourth-order valence-corrected chi connectivity index (χ4v) is 3.01. The Morgan fingerprint density at radius 2 is 1.54 bits per heavy atom. The maximum atomic E-state index is 12.9. The van der Waals surface area contributed by atoms with Crippen LogP contribution in [0.5, 0.6) is 0 Å². The lowest BCUT2D eigenvalue weighted by Gasteiger charge is -2.11. The first-order chi connectivity index (χ1) is 13.6. The normalized spacial score (nSPS) is 10.8. The van der Waals surface area contributed by atoms with E-state index in [0.29, 0.717) is 21.5 Å². The van der Waals surface area contributed by atoms with Gasteiger partial charge in [0.25, 0.3) is 5.56 Å². The molecular formula is C22H15ClN2O3. The van der Waals surface area contributed by atoms with Crippen LogP contribution in [0.2, 0.25) is 5.02 Å². The molecule has 1 aromatic heterocycles. The van der Waals surface area contributed by atoms with Gasteiger partial charge >= 0.3 is 5.97 Å². The highest BCUT2D eigenvalue weighted by Crippen LogP contribution is 2.17. The Morgan fingerprint density at radius 3 is 2.25 bits per heavy atom. The Hall–Kier alpha value is -3.44. The van der Waals surface area contributed by atoms with Crippen molar-refractivity contribution in [3.63, 3.8) is 0 Å². The topological polar surface area (TPSA) is 61.2 Å². The van der Waals surface area contributed by atoms with Crippen LogP contribution in [0.25, 0.3) is 16.5 Å². The molecule has 3 aromatic carbocycles. The van der Waals surface area contributed by atoms with E-state index >= 15 is 0 Å². The highest BCUT2D eigenvalue weighted by atomic mass is 35.5. The molecule has 0 fully saturated rings.